The molecule has 1 heterocycles. The van der Waals surface area contributed by atoms with Gasteiger partial charge in [-0.05, 0) is 43.5 Å². The van der Waals surface area contributed by atoms with Gasteiger partial charge in [-0.1, -0.05) is 22.9 Å². The van der Waals surface area contributed by atoms with Crippen molar-refractivity contribution in [2.75, 3.05) is 5.43 Å². The summed E-state index contributed by atoms with van der Waals surface area (Å²) >= 11 is 3.54. The van der Waals surface area contributed by atoms with Crippen LogP contribution >= 0.6 is 15.9 Å². The molecule has 0 atom stereocenters. The number of nitrogens with one attached hydrogen (secondary N) is 1. The van der Waals surface area contributed by atoms with Crippen molar-refractivity contribution in [3.63, 3.8) is 0 Å². The van der Waals surface area contributed by atoms with Crippen LogP contribution in [0.5, 0.6) is 11.6 Å². The lowest BCUT2D eigenvalue weighted by Crippen LogP contribution is -2.12. The van der Waals surface area contributed by atoms with E-state index in [1.54, 1.807) is 0 Å². The Labute approximate surface area is 126 Å². The summed E-state index contributed by atoms with van der Waals surface area (Å²) in [7, 11) is 0. The van der Waals surface area contributed by atoms with Crippen LogP contribution in [0, 0.1) is 13.8 Å². The molecule has 106 valence electrons. The number of rotatable bonds is 4. The van der Waals surface area contributed by atoms with Gasteiger partial charge in [0.2, 0.25) is 5.88 Å². The number of aromatic nitrogens is 2. The Balaban J connectivity index is 2.40. The van der Waals surface area contributed by atoms with E-state index in [2.05, 4.69) is 31.3 Å². The van der Waals surface area contributed by atoms with Gasteiger partial charge in [-0.15, -0.1) is 0 Å². The highest BCUT2D eigenvalue weighted by Gasteiger charge is 2.12. The molecule has 0 unspecified atom stereocenters. The predicted octanol–water partition coefficient (Wildman–Crippen LogP) is 3.50. The van der Waals surface area contributed by atoms with Crippen LogP contribution in [0.15, 0.2) is 22.9 Å². The summed E-state index contributed by atoms with van der Waals surface area (Å²) in [6, 6.07) is 3.93. The van der Waals surface area contributed by atoms with E-state index in [0.717, 1.165) is 33.3 Å². The Morgan fingerprint density at radius 1 is 1.25 bits per heavy atom. The molecule has 2 rings (SSSR count). The average molecular weight is 337 g/mol. The maximum atomic E-state index is 5.89. The molecule has 5 nitrogen and oxygen atoms in total. The Morgan fingerprint density at radius 3 is 2.45 bits per heavy atom. The highest BCUT2D eigenvalue weighted by atomic mass is 79.9. The summed E-state index contributed by atoms with van der Waals surface area (Å²) in [5.74, 6) is 7.31. The number of nitrogen functional groups attached to an aromatic ring is 1. The second-order valence-corrected chi connectivity index (χ2v) is 5.27. The maximum Gasteiger partial charge on any atom is 0.227 e. The number of hydrogen-bond donors (Lipinski definition) is 2. The summed E-state index contributed by atoms with van der Waals surface area (Å²) in [6.07, 6.45) is 2.16. The lowest BCUT2D eigenvalue weighted by molar-refractivity contribution is 0.454. The fourth-order valence-electron chi connectivity index (χ4n) is 2.00. The number of hydrogen-bond acceptors (Lipinski definition) is 5. The number of nitrogens with two attached hydrogens (primary N) is 1. The standard InChI is InChI=1S/C14H17BrN4O/c1-4-11-13(19-16)17-7-18-14(11)20-10-5-8(2)12(15)9(3)6-10/h5-7H,4,16H2,1-3H3,(H,17,18,19). The van der Waals surface area contributed by atoms with Gasteiger partial charge in [0.1, 0.15) is 17.9 Å². The minimum atomic E-state index is 0.525. The molecular weight excluding hydrogens is 320 g/mol. The van der Waals surface area contributed by atoms with Crippen molar-refractivity contribution < 1.29 is 4.74 Å². The highest BCUT2D eigenvalue weighted by Crippen LogP contribution is 2.31. The molecule has 0 radical (unpaired) electrons. The topological polar surface area (TPSA) is 73.1 Å². The van der Waals surface area contributed by atoms with Gasteiger partial charge in [0.15, 0.2) is 0 Å². The Morgan fingerprint density at radius 2 is 1.90 bits per heavy atom. The minimum absolute atomic E-state index is 0.525. The molecule has 1 aromatic heterocycles. The number of nitrogens with zero attached hydrogens (tertiary/aromatic N) is 2. The number of anilines is 1. The first kappa shape index (κ1) is 14.7. The van der Waals surface area contributed by atoms with Gasteiger partial charge < -0.3 is 10.2 Å². The Hall–Kier alpha value is -1.66. The lowest BCUT2D eigenvalue weighted by Gasteiger charge is -2.13. The first-order chi connectivity index (χ1) is 9.56. The van der Waals surface area contributed by atoms with Crippen LogP contribution in [-0.4, -0.2) is 9.97 Å². The first-order valence-corrected chi connectivity index (χ1v) is 7.11. The van der Waals surface area contributed by atoms with Gasteiger partial charge in [-0.25, -0.2) is 15.8 Å². The van der Waals surface area contributed by atoms with Crippen molar-refractivity contribution in [2.24, 2.45) is 5.84 Å². The van der Waals surface area contributed by atoms with Crippen molar-refractivity contribution in [2.45, 2.75) is 27.2 Å². The zero-order valence-electron chi connectivity index (χ0n) is 11.7. The van der Waals surface area contributed by atoms with E-state index in [0.29, 0.717) is 11.7 Å². The first-order valence-electron chi connectivity index (χ1n) is 6.31. The highest BCUT2D eigenvalue weighted by molar-refractivity contribution is 9.10. The monoisotopic (exact) mass is 336 g/mol. The van der Waals surface area contributed by atoms with E-state index >= 15 is 0 Å². The van der Waals surface area contributed by atoms with E-state index < -0.39 is 0 Å². The summed E-state index contributed by atoms with van der Waals surface area (Å²) in [4.78, 5) is 8.28. The van der Waals surface area contributed by atoms with Crippen molar-refractivity contribution in [3.8, 4) is 11.6 Å². The molecule has 0 aliphatic rings. The SMILES string of the molecule is CCc1c(NN)ncnc1Oc1cc(C)c(Br)c(C)c1. The van der Waals surface area contributed by atoms with E-state index in [-0.39, 0.29) is 0 Å². The Kier molecular flexibility index (Phi) is 4.57. The fourth-order valence-corrected chi connectivity index (χ4v) is 2.23. The molecule has 0 saturated carbocycles. The quantitative estimate of drug-likeness (QED) is 0.660. The van der Waals surface area contributed by atoms with Crippen LogP contribution in [-0.2, 0) is 6.42 Å². The largest absolute Gasteiger partial charge is 0.439 e. The third kappa shape index (κ3) is 2.91. The molecule has 0 aliphatic heterocycles. The van der Waals surface area contributed by atoms with Crippen molar-refractivity contribution >= 4 is 21.7 Å². The van der Waals surface area contributed by atoms with Gasteiger partial charge >= 0.3 is 0 Å². The molecule has 3 N–H and O–H groups in total. The molecule has 0 spiro atoms. The molecule has 0 amide bonds. The van der Waals surface area contributed by atoms with Crippen LogP contribution < -0.4 is 16.0 Å². The van der Waals surface area contributed by atoms with Crippen LogP contribution in [0.2, 0.25) is 0 Å². The van der Waals surface area contributed by atoms with Gasteiger partial charge in [-0.2, -0.15) is 0 Å². The van der Waals surface area contributed by atoms with Crippen LogP contribution in [0.3, 0.4) is 0 Å². The van der Waals surface area contributed by atoms with Crippen molar-refractivity contribution in [3.05, 3.63) is 39.6 Å². The molecule has 1 aromatic carbocycles. The predicted molar refractivity (Wildman–Crippen MR) is 82.9 cm³/mol. The summed E-state index contributed by atoms with van der Waals surface area (Å²) in [5, 5.41) is 0. The molecule has 2 aromatic rings. The summed E-state index contributed by atoms with van der Waals surface area (Å²) < 4.78 is 6.98. The summed E-state index contributed by atoms with van der Waals surface area (Å²) in [5.41, 5.74) is 5.65. The van der Waals surface area contributed by atoms with Gasteiger partial charge in [-0.3, -0.25) is 0 Å². The number of hydrazine groups is 1. The second-order valence-electron chi connectivity index (χ2n) is 4.48. The zero-order valence-corrected chi connectivity index (χ0v) is 13.3. The number of aryl methyl sites for hydroxylation is 2. The van der Waals surface area contributed by atoms with Crippen molar-refractivity contribution in [1.29, 1.82) is 0 Å². The smallest absolute Gasteiger partial charge is 0.227 e. The maximum absolute atomic E-state index is 5.89. The second kappa shape index (κ2) is 6.19. The fraction of sp³-hybridized carbons (Fsp3) is 0.286. The van der Waals surface area contributed by atoms with E-state index in [1.807, 2.05) is 32.9 Å². The van der Waals surface area contributed by atoms with Crippen LogP contribution in [0.1, 0.15) is 23.6 Å². The molecule has 0 aliphatic carbocycles. The van der Waals surface area contributed by atoms with E-state index in [1.165, 1.54) is 6.33 Å². The van der Waals surface area contributed by atoms with Crippen molar-refractivity contribution in [1.82, 2.24) is 9.97 Å². The Bertz CT molecular complexity index is 608. The summed E-state index contributed by atoms with van der Waals surface area (Å²) in [6.45, 7) is 6.06. The van der Waals surface area contributed by atoms with Crippen LogP contribution in [0.4, 0.5) is 5.82 Å². The van der Waals surface area contributed by atoms with E-state index in [4.69, 9.17) is 10.6 Å². The number of halogens is 1. The van der Waals surface area contributed by atoms with Gasteiger partial charge in [0, 0.05) is 4.47 Å². The van der Waals surface area contributed by atoms with Gasteiger partial charge in [0.05, 0.1) is 5.56 Å². The van der Waals surface area contributed by atoms with Crippen LogP contribution in [0.25, 0.3) is 0 Å². The molecule has 0 bridgehead atoms. The minimum Gasteiger partial charge on any atom is -0.439 e. The van der Waals surface area contributed by atoms with Gasteiger partial charge in [0.25, 0.3) is 0 Å². The van der Waals surface area contributed by atoms with E-state index in [9.17, 15) is 0 Å². The third-order valence-corrected chi connectivity index (χ3v) is 4.27. The lowest BCUT2D eigenvalue weighted by atomic mass is 10.1. The number of ether oxygens (including phenoxy) is 1. The molecule has 6 heteroatoms. The molecule has 0 saturated heterocycles. The normalized spacial score (nSPS) is 10.4. The third-order valence-electron chi connectivity index (χ3n) is 3.02. The average Bonchev–Trinajstić information content (AvgIpc) is 2.44. The zero-order chi connectivity index (χ0) is 14.7. The molecule has 0 fully saturated rings. The molecular formula is C14H17BrN4O. The number of benzene rings is 1. The molecule has 20 heavy (non-hydrogen) atoms.